The van der Waals surface area contributed by atoms with Crippen LogP contribution in [-0.2, 0) is 11.2 Å². The van der Waals surface area contributed by atoms with E-state index in [1.54, 1.807) is 41.1 Å². The Morgan fingerprint density at radius 1 is 1.24 bits per heavy atom. The summed E-state index contributed by atoms with van der Waals surface area (Å²) in [5, 5.41) is 18.9. The Kier molecular flexibility index (Phi) is 6.01. The number of nitrogens with zero attached hydrogens (tertiary/aromatic N) is 1. The van der Waals surface area contributed by atoms with Gasteiger partial charge in [-0.15, -0.1) is 0 Å². The predicted octanol–water partition coefficient (Wildman–Crippen LogP) is 2.31. The fourth-order valence-corrected chi connectivity index (χ4v) is 2.00. The Balaban J connectivity index is 2.93. The fraction of sp³-hybridized carbons (Fsp3) is 0.562. The molecule has 0 amide bonds. The van der Waals surface area contributed by atoms with Gasteiger partial charge in [-0.25, -0.2) is 0 Å². The first-order valence-corrected chi connectivity index (χ1v) is 6.83. The van der Waals surface area contributed by atoms with Crippen molar-refractivity contribution >= 4 is 0 Å². The fourth-order valence-electron chi connectivity index (χ4n) is 2.00. The number of hydrogen-bond acceptors (Lipinski definition) is 5. The number of aliphatic hydroxyl groups is 1. The molecule has 0 spiro atoms. The van der Waals surface area contributed by atoms with E-state index in [0.717, 1.165) is 5.56 Å². The number of aliphatic hydroxyl groups excluding tert-OH is 1. The molecular weight excluding hydrogens is 270 g/mol. The molecular formula is C16H23NO4. The largest absolute Gasteiger partial charge is 0.493 e. The Morgan fingerprint density at radius 3 is 2.33 bits per heavy atom. The van der Waals surface area contributed by atoms with E-state index in [4.69, 9.17) is 14.2 Å². The molecule has 0 bridgehead atoms. The van der Waals surface area contributed by atoms with Crippen molar-refractivity contribution in [2.75, 3.05) is 14.2 Å². The van der Waals surface area contributed by atoms with Crippen molar-refractivity contribution in [3.8, 4) is 17.6 Å². The lowest BCUT2D eigenvalue weighted by atomic mass is 9.97. The van der Waals surface area contributed by atoms with Gasteiger partial charge in [-0.05, 0) is 38.5 Å². The summed E-state index contributed by atoms with van der Waals surface area (Å²) < 4.78 is 16.1. The summed E-state index contributed by atoms with van der Waals surface area (Å²) in [5.41, 5.74) is -0.120. The van der Waals surface area contributed by atoms with Gasteiger partial charge in [0.25, 0.3) is 0 Å². The molecule has 3 unspecified atom stereocenters. The normalized spacial score (nSPS) is 16.4. The van der Waals surface area contributed by atoms with E-state index in [1.807, 2.05) is 12.1 Å². The highest BCUT2D eigenvalue weighted by molar-refractivity contribution is 5.43. The summed E-state index contributed by atoms with van der Waals surface area (Å²) >= 11 is 0. The van der Waals surface area contributed by atoms with Gasteiger partial charge < -0.3 is 19.3 Å². The molecule has 0 aliphatic heterocycles. The SMILES string of the molecule is COc1ccc(CC(C)(C#N)OC(C)C(C)O)cc1OC. The Bertz CT molecular complexity index is 509. The third-order valence-electron chi connectivity index (χ3n) is 3.35. The molecule has 116 valence electrons. The standard InChI is InChI=1S/C16H23NO4/c1-11(18)12(2)21-16(3,10-17)9-13-6-7-14(19-4)15(8-13)20-5/h6-8,11-12,18H,9H2,1-5H3. The van der Waals surface area contributed by atoms with Crippen LogP contribution in [0, 0.1) is 11.3 Å². The van der Waals surface area contributed by atoms with E-state index in [-0.39, 0.29) is 0 Å². The molecule has 0 fully saturated rings. The molecule has 21 heavy (non-hydrogen) atoms. The highest BCUT2D eigenvalue weighted by atomic mass is 16.5. The minimum absolute atomic E-state index is 0.390. The number of hydrogen-bond donors (Lipinski definition) is 1. The van der Waals surface area contributed by atoms with E-state index < -0.39 is 17.8 Å². The van der Waals surface area contributed by atoms with Gasteiger partial charge in [0, 0.05) is 6.42 Å². The lowest BCUT2D eigenvalue weighted by molar-refractivity contribution is -0.0868. The van der Waals surface area contributed by atoms with Crippen LogP contribution in [0.2, 0.25) is 0 Å². The monoisotopic (exact) mass is 293 g/mol. The van der Waals surface area contributed by atoms with Gasteiger partial charge in [0.1, 0.15) is 0 Å². The average molecular weight is 293 g/mol. The topological polar surface area (TPSA) is 71.7 Å². The minimum Gasteiger partial charge on any atom is -0.493 e. The number of nitriles is 1. The molecule has 0 radical (unpaired) electrons. The lowest BCUT2D eigenvalue weighted by Crippen LogP contribution is -2.37. The summed E-state index contributed by atoms with van der Waals surface area (Å²) in [5.74, 6) is 1.25. The molecule has 0 aliphatic carbocycles. The second-order valence-corrected chi connectivity index (χ2v) is 5.27. The van der Waals surface area contributed by atoms with Crippen LogP contribution < -0.4 is 9.47 Å². The first-order chi connectivity index (χ1) is 9.85. The summed E-state index contributed by atoms with van der Waals surface area (Å²) in [6, 6.07) is 7.66. The maximum atomic E-state index is 9.53. The Morgan fingerprint density at radius 2 is 1.86 bits per heavy atom. The van der Waals surface area contributed by atoms with Gasteiger partial charge in [-0.3, -0.25) is 0 Å². The van der Waals surface area contributed by atoms with E-state index in [0.29, 0.717) is 17.9 Å². The zero-order valence-electron chi connectivity index (χ0n) is 13.2. The van der Waals surface area contributed by atoms with Crippen LogP contribution in [0.5, 0.6) is 11.5 Å². The van der Waals surface area contributed by atoms with E-state index >= 15 is 0 Å². The smallest absolute Gasteiger partial charge is 0.160 e. The maximum Gasteiger partial charge on any atom is 0.160 e. The zero-order chi connectivity index (χ0) is 16.0. The number of benzene rings is 1. The third-order valence-corrected chi connectivity index (χ3v) is 3.35. The molecule has 0 aromatic heterocycles. The van der Waals surface area contributed by atoms with E-state index in [2.05, 4.69) is 6.07 Å². The van der Waals surface area contributed by atoms with Gasteiger partial charge in [0.05, 0.1) is 32.5 Å². The van der Waals surface area contributed by atoms with Crippen LogP contribution in [0.15, 0.2) is 18.2 Å². The van der Waals surface area contributed by atoms with Crippen molar-refractivity contribution in [2.24, 2.45) is 0 Å². The van der Waals surface area contributed by atoms with Crippen molar-refractivity contribution in [2.45, 2.75) is 45.0 Å². The van der Waals surface area contributed by atoms with Gasteiger partial charge >= 0.3 is 0 Å². The number of rotatable bonds is 7. The van der Waals surface area contributed by atoms with Gasteiger partial charge in [-0.1, -0.05) is 6.07 Å². The van der Waals surface area contributed by atoms with Crippen LogP contribution in [-0.4, -0.2) is 37.1 Å². The van der Waals surface area contributed by atoms with Crippen LogP contribution in [0.3, 0.4) is 0 Å². The Labute approximate surface area is 126 Å². The molecule has 5 nitrogen and oxygen atoms in total. The molecule has 0 saturated heterocycles. The zero-order valence-corrected chi connectivity index (χ0v) is 13.2. The number of ether oxygens (including phenoxy) is 3. The van der Waals surface area contributed by atoms with Crippen molar-refractivity contribution in [1.82, 2.24) is 0 Å². The highest BCUT2D eigenvalue weighted by Crippen LogP contribution is 2.30. The van der Waals surface area contributed by atoms with Crippen molar-refractivity contribution in [3.63, 3.8) is 0 Å². The number of methoxy groups -OCH3 is 2. The quantitative estimate of drug-likeness (QED) is 0.835. The summed E-state index contributed by atoms with van der Waals surface area (Å²) in [6.07, 6.45) is -0.668. The average Bonchev–Trinajstić information content (AvgIpc) is 2.46. The van der Waals surface area contributed by atoms with Crippen LogP contribution in [0.1, 0.15) is 26.3 Å². The van der Waals surface area contributed by atoms with Crippen molar-refractivity contribution < 1.29 is 19.3 Å². The van der Waals surface area contributed by atoms with Gasteiger partial charge in [-0.2, -0.15) is 5.26 Å². The van der Waals surface area contributed by atoms with Crippen LogP contribution >= 0.6 is 0 Å². The first-order valence-electron chi connectivity index (χ1n) is 6.83. The summed E-state index contributed by atoms with van der Waals surface area (Å²) in [6.45, 7) is 5.09. The molecule has 3 atom stereocenters. The highest BCUT2D eigenvalue weighted by Gasteiger charge is 2.29. The first kappa shape index (κ1) is 17.3. The van der Waals surface area contributed by atoms with Crippen molar-refractivity contribution in [3.05, 3.63) is 23.8 Å². The molecule has 1 N–H and O–H groups in total. The summed E-state index contributed by atoms with van der Waals surface area (Å²) in [7, 11) is 3.14. The molecule has 0 aliphatic rings. The third kappa shape index (κ3) is 4.62. The van der Waals surface area contributed by atoms with Crippen LogP contribution in [0.25, 0.3) is 0 Å². The van der Waals surface area contributed by atoms with E-state index in [1.165, 1.54) is 0 Å². The minimum atomic E-state index is -1.02. The van der Waals surface area contributed by atoms with Crippen molar-refractivity contribution in [1.29, 1.82) is 5.26 Å². The summed E-state index contributed by atoms with van der Waals surface area (Å²) in [4.78, 5) is 0. The molecule has 5 heteroatoms. The maximum absolute atomic E-state index is 9.53. The van der Waals surface area contributed by atoms with Gasteiger partial charge in [0.15, 0.2) is 17.1 Å². The van der Waals surface area contributed by atoms with E-state index in [9.17, 15) is 10.4 Å². The molecule has 1 rings (SSSR count). The molecule has 0 saturated carbocycles. The van der Waals surface area contributed by atoms with Crippen LogP contribution in [0.4, 0.5) is 0 Å². The Hall–Kier alpha value is -1.77. The van der Waals surface area contributed by atoms with Gasteiger partial charge in [0.2, 0.25) is 0 Å². The second-order valence-electron chi connectivity index (χ2n) is 5.27. The molecule has 0 heterocycles. The molecule has 1 aromatic carbocycles. The second kappa shape index (κ2) is 7.30. The lowest BCUT2D eigenvalue weighted by Gasteiger charge is -2.28. The predicted molar refractivity (Wildman–Crippen MR) is 79.5 cm³/mol. The molecule has 1 aromatic rings.